The van der Waals surface area contributed by atoms with Gasteiger partial charge in [0.25, 0.3) is 10.2 Å². The number of hydrogen-bond acceptors (Lipinski definition) is 3. The lowest BCUT2D eigenvalue weighted by Crippen LogP contribution is -2.35. The van der Waals surface area contributed by atoms with Crippen molar-refractivity contribution in [1.82, 2.24) is 9.71 Å². The summed E-state index contributed by atoms with van der Waals surface area (Å²) in [5.74, 6) is 0. The van der Waals surface area contributed by atoms with E-state index in [0.29, 0.717) is 10.3 Å². The van der Waals surface area contributed by atoms with Crippen LogP contribution in [0.3, 0.4) is 0 Å². The Labute approximate surface area is 104 Å². The fraction of sp³-hybridized carbons (Fsp3) is 0.444. The molecule has 2 N–H and O–H groups in total. The summed E-state index contributed by atoms with van der Waals surface area (Å²) in [5.41, 5.74) is 1.30. The van der Waals surface area contributed by atoms with Crippen LogP contribution in [0.1, 0.15) is 19.4 Å². The van der Waals surface area contributed by atoms with Crippen molar-refractivity contribution >= 4 is 31.8 Å². The van der Waals surface area contributed by atoms with Crippen LogP contribution in [0.2, 0.25) is 0 Å². The number of hydrogen-bond donors (Lipinski definition) is 2. The second kappa shape index (κ2) is 5.11. The summed E-state index contributed by atoms with van der Waals surface area (Å²) >= 11 is 3.25. The van der Waals surface area contributed by atoms with E-state index in [4.69, 9.17) is 0 Å². The topological polar surface area (TPSA) is 71.1 Å². The van der Waals surface area contributed by atoms with Crippen molar-refractivity contribution in [3.05, 3.63) is 22.4 Å². The van der Waals surface area contributed by atoms with Crippen LogP contribution in [-0.2, 0) is 10.2 Å². The van der Waals surface area contributed by atoms with Crippen molar-refractivity contribution in [3.63, 3.8) is 0 Å². The van der Waals surface area contributed by atoms with Crippen LogP contribution in [0.15, 0.2) is 16.9 Å². The van der Waals surface area contributed by atoms with Crippen molar-refractivity contribution in [3.8, 4) is 0 Å². The van der Waals surface area contributed by atoms with E-state index in [2.05, 4.69) is 30.4 Å². The van der Waals surface area contributed by atoms with E-state index in [9.17, 15) is 8.42 Å². The first-order chi connectivity index (χ1) is 7.30. The predicted octanol–water partition coefficient (Wildman–Crippen LogP) is 1.81. The van der Waals surface area contributed by atoms with Gasteiger partial charge in [0.1, 0.15) is 4.60 Å². The molecule has 0 aliphatic rings. The summed E-state index contributed by atoms with van der Waals surface area (Å²) < 4.78 is 28.6. The number of halogens is 1. The largest absolute Gasteiger partial charge is 0.299 e. The Morgan fingerprint density at radius 1 is 1.44 bits per heavy atom. The Hall–Kier alpha value is -0.660. The fourth-order valence-electron chi connectivity index (χ4n) is 1.11. The maximum Gasteiger partial charge on any atom is 0.299 e. The van der Waals surface area contributed by atoms with Gasteiger partial charge in [-0.2, -0.15) is 13.1 Å². The first-order valence-electron chi connectivity index (χ1n) is 4.72. The summed E-state index contributed by atoms with van der Waals surface area (Å²) in [5, 5.41) is 0. The van der Waals surface area contributed by atoms with Crippen LogP contribution in [-0.4, -0.2) is 19.4 Å². The first-order valence-corrected chi connectivity index (χ1v) is 7.00. The zero-order valence-electron chi connectivity index (χ0n) is 9.28. The van der Waals surface area contributed by atoms with E-state index < -0.39 is 10.2 Å². The average Bonchev–Trinajstić information content (AvgIpc) is 2.08. The quantitative estimate of drug-likeness (QED) is 0.833. The van der Waals surface area contributed by atoms with Crippen molar-refractivity contribution in [1.29, 1.82) is 0 Å². The summed E-state index contributed by atoms with van der Waals surface area (Å²) in [6.07, 6.45) is 1.45. The summed E-state index contributed by atoms with van der Waals surface area (Å²) in [4.78, 5) is 4.00. The smallest absolute Gasteiger partial charge is 0.270 e. The molecule has 0 saturated heterocycles. The second-order valence-electron chi connectivity index (χ2n) is 3.71. The van der Waals surface area contributed by atoms with E-state index in [0.717, 1.165) is 5.56 Å². The highest BCUT2D eigenvalue weighted by Gasteiger charge is 2.11. The average molecular weight is 308 g/mol. The summed E-state index contributed by atoms with van der Waals surface area (Å²) in [7, 11) is -3.52. The van der Waals surface area contributed by atoms with Crippen LogP contribution in [0.25, 0.3) is 0 Å². The lowest BCUT2D eigenvalue weighted by molar-refractivity contribution is 0.575. The van der Waals surface area contributed by atoms with Crippen molar-refractivity contribution in [2.75, 3.05) is 4.72 Å². The molecule has 90 valence electrons. The Morgan fingerprint density at radius 3 is 2.56 bits per heavy atom. The van der Waals surface area contributed by atoms with Crippen LogP contribution in [0.4, 0.5) is 5.69 Å². The van der Waals surface area contributed by atoms with Gasteiger partial charge in [-0.25, -0.2) is 4.98 Å². The molecule has 5 nitrogen and oxygen atoms in total. The van der Waals surface area contributed by atoms with Crippen molar-refractivity contribution in [2.24, 2.45) is 0 Å². The SMILES string of the molecule is Cc1cc(NS(=O)(=O)NC(C)C)cnc1Br. The minimum absolute atomic E-state index is 0.151. The highest BCUT2D eigenvalue weighted by molar-refractivity contribution is 9.10. The van der Waals surface area contributed by atoms with Gasteiger partial charge in [-0.15, -0.1) is 0 Å². The monoisotopic (exact) mass is 307 g/mol. The van der Waals surface area contributed by atoms with Crippen LogP contribution in [0, 0.1) is 6.92 Å². The molecule has 0 spiro atoms. The van der Waals surface area contributed by atoms with Gasteiger partial charge in [-0.05, 0) is 48.3 Å². The number of pyridine rings is 1. The third kappa shape index (κ3) is 4.07. The molecule has 0 fully saturated rings. The molecule has 0 saturated carbocycles. The molecule has 0 atom stereocenters. The molecular weight excluding hydrogens is 294 g/mol. The molecule has 1 rings (SSSR count). The van der Waals surface area contributed by atoms with Crippen molar-refractivity contribution in [2.45, 2.75) is 26.8 Å². The predicted molar refractivity (Wildman–Crippen MR) is 67.5 cm³/mol. The third-order valence-electron chi connectivity index (χ3n) is 1.66. The van der Waals surface area contributed by atoms with E-state index >= 15 is 0 Å². The number of aromatic nitrogens is 1. The van der Waals surface area contributed by atoms with Crippen LogP contribution in [0.5, 0.6) is 0 Å². The molecule has 7 heteroatoms. The number of nitrogens with zero attached hydrogens (tertiary/aromatic N) is 1. The zero-order chi connectivity index (χ0) is 12.3. The first kappa shape index (κ1) is 13.4. The number of aryl methyl sites for hydroxylation is 1. The normalized spacial score (nSPS) is 11.8. The lowest BCUT2D eigenvalue weighted by Gasteiger charge is -2.11. The van der Waals surface area contributed by atoms with Gasteiger partial charge in [0.2, 0.25) is 0 Å². The molecule has 1 aromatic rings. The van der Waals surface area contributed by atoms with E-state index in [-0.39, 0.29) is 6.04 Å². The lowest BCUT2D eigenvalue weighted by atomic mass is 10.3. The number of nitrogens with one attached hydrogen (secondary N) is 2. The maximum absolute atomic E-state index is 11.5. The van der Waals surface area contributed by atoms with Gasteiger partial charge >= 0.3 is 0 Å². The van der Waals surface area contributed by atoms with E-state index in [1.54, 1.807) is 19.9 Å². The van der Waals surface area contributed by atoms with Gasteiger partial charge in [-0.1, -0.05) is 0 Å². The number of anilines is 1. The van der Waals surface area contributed by atoms with Gasteiger partial charge in [0, 0.05) is 6.04 Å². The molecule has 1 aromatic heterocycles. The molecule has 0 aromatic carbocycles. The minimum atomic E-state index is -3.52. The zero-order valence-corrected chi connectivity index (χ0v) is 11.7. The van der Waals surface area contributed by atoms with Gasteiger partial charge in [0.15, 0.2) is 0 Å². The molecule has 0 radical (unpaired) electrons. The third-order valence-corrected chi connectivity index (χ3v) is 3.77. The van der Waals surface area contributed by atoms with Gasteiger partial charge in [-0.3, -0.25) is 4.72 Å². The van der Waals surface area contributed by atoms with Gasteiger partial charge < -0.3 is 0 Å². The molecule has 0 aliphatic heterocycles. The highest BCUT2D eigenvalue weighted by Crippen LogP contribution is 2.17. The molecule has 0 bridgehead atoms. The molecule has 0 amide bonds. The molecule has 0 aliphatic carbocycles. The summed E-state index contributed by atoms with van der Waals surface area (Å²) in [6.45, 7) is 5.35. The van der Waals surface area contributed by atoms with E-state index in [1.165, 1.54) is 6.20 Å². The Morgan fingerprint density at radius 2 is 2.06 bits per heavy atom. The van der Waals surface area contributed by atoms with Crippen LogP contribution < -0.4 is 9.44 Å². The molecule has 0 unspecified atom stereocenters. The highest BCUT2D eigenvalue weighted by atomic mass is 79.9. The maximum atomic E-state index is 11.5. The number of rotatable bonds is 4. The van der Waals surface area contributed by atoms with E-state index in [1.807, 2.05) is 6.92 Å². The molecule has 16 heavy (non-hydrogen) atoms. The Balaban J connectivity index is 2.84. The van der Waals surface area contributed by atoms with Crippen molar-refractivity contribution < 1.29 is 8.42 Å². The van der Waals surface area contributed by atoms with Gasteiger partial charge in [0.05, 0.1) is 11.9 Å². The Bertz CT molecular complexity index is 474. The van der Waals surface area contributed by atoms with Crippen LogP contribution >= 0.6 is 15.9 Å². The Kier molecular flexibility index (Phi) is 4.28. The fourth-order valence-corrected chi connectivity index (χ4v) is 2.43. The molecular formula is C9H14BrN3O2S. The standard InChI is InChI=1S/C9H14BrN3O2S/c1-6(2)12-16(14,15)13-8-4-7(3)9(10)11-5-8/h4-6,12-13H,1-3H3. The summed E-state index contributed by atoms with van der Waals surface area (Å²) in [6, 6.07) is 1.55. The molecule has 1 heterocycles. The minimum Gasteiger partial charge on any atom is -0.270 e. The second-order valence-corrected chi connectivity index (χ2v) is 5.91.